The molecule has 1 atom stereocenters. The first-order valence-corrected chi connectivity index (χ1v) is 15.4. The SMILES string of the molecule is CN1CCC(CCOc2ccc(C(=O)c3c(-c4ccc(OCCN5CCCC5)cc4)sc4ccccc34)cc2)C1=O. The molecule has 0 bridgehead atoms. The van der Waals surface area contributed by atoms with Crippen molar-refractivity contribution in [2.45, 2.75) is 25.7 Å². The van der Waals surface area contributed by atoms with E-state index >= 15 is 0 Å². The van der Waals surface area contributed by atoms with Crippen LogP contribution < -0.4 is 9.47 Å². The van der Waals surface area contributed by atoms with Gasteiger partial charge in [-0.2, -0.15) is 0 Å². The molecule has 7 heteroatoms. The van der Waals surface area contributed by atoms with Gasteiger partial charge in [0.1, 0.15) is 18.1 Å². The third kappa shape index (κ3) is 6.16. The molecule has 0 saturated carbocycles. The summed E-state index contributed by atoms with van der Waals surface area (Å²) in [5, 5.41) is 0.968. The average Bonchev–Trinajstić information content (AvgIpc) is 3.74. The second-order valence-corrected chi connectivity index (χ2v) is 12.0. The average molecular weight is 569 g/mol. The van der Waals surface area contributed by atoms with Gasteiger partial charge in [0.15, 0.2) is 5.78 Å². The molecule has 1 unspecified atom stereocenters. The van der Waals surface area contributed by atoms with Gasteiger partial charge in [0, 0.05) is 52.1 Å². The van der Waals surface area contributed by atoms with Crippen molar-refractivity contribution < 1.29 is 19.1 Å². The van der Waals surface area contributed by atoms with Gasteiger partial charge in [-0.05, 0) is 98.9 Å². The maximum Gasteiger partial charge on any atom is 0.225 e. The third-order valence-electron chi connectivity index (χ3n) is 8.20. The van der Waals surface area contributed by atoms with E-state index in [4.69, 9.17) is 9.47 Å². The lowest BCUT2D eigenvalue weighted by Crippen LogP contribution is -2.25. The topological polar surface area (TPSA) is 59.1 Å². The van der Waals surface area contributed by atoms with E-state index in [2.05, 4.69) is 23.1 Å². The minimum atomic E-state index is -0.00507. The van der Waals surface area contributed by atoms with Crippen LogP contribution in [0.15, 0.2) is 72.8 Å². The fourth-order valence-electron chi connectivity index (χ4n) is 5.80. The summed E-state index contributed by atoms with van der Waals surface area (Å²) in [7, 11) is 1.85. The zero-order valence-electron chi connectivity index (χ0n) is 23.5. The summed E-state index contributed by atoms with van der Waals surface area (Å²) < 4.78 is 13.0. The Labute approximate surface area is 245 Å². The second-order valence-electron chi connectivity index (χ2n) is 11.0. The zero-order chi connectivity index (χ0) is 28.2. The van der Waals surface area contributed by atoms with Crippen molar-refractivity contribution in [2.24, 2.45) is 5.92 Å². The second kappa shape index (κ2) is 12.5. The predicted octanol–water partition coefficient (Wildman–Crippen LogP) is 6.52. The summed E-state index contributed by atoms with van der Waals surface area (Å²) >= 11 is 1.64. The van der Waals surface area contributed by atoms with Gasteiger partial charge in [-0.15, -0.1) is 11.3 Å². The van der Waals surface area contributed by atoms with Crippen LogP contribution in [0.4, 0.5) is 0 Å². The Morgan fingerprint density at radius 1 is 0.878 bits per heavy atom. The third-order valence-corrected chi connectivity index (χ3v) is 9.42. The Morgan fingerprint density at radius 3 is 2.27 bits per heavy atom. The normalized spacial score (nSPS) is 17.4. The van der Waals surface area contributed by atoms with Crippen molar-refractivity contribution in [1.29, 1.82) is 0 Å². The number of fused-ring (bicyclic) bond motifs is 1. The standard InChI is InChI=1S/C34H36N2O4S/c1-35-20-16-26(34(35)38)17-22-39-27-12-8-24(9-13-27)32(37)31-29-6-2-3-7-30(29)41-33(31)25-10-14-28(15-11-25)40-23-21-36-18-4-5-19-36/h2-3,6-15,26H,4-5,16-23H2,1H3. The van der Waals surface area contributed by atoms with Gasteiger partial charge in [0.05, 0.1) is 6.61 Å². The largest absolute Gasteiger partial charge is 0.494 e. The van der Waals surface area contributed by atoms with E-state index in [1.807, 2.05) is 61.6 Å². The van der Waals surface area contributed by atoms with Crippen LogP contribution in [0.25, 0.3) is 20.5 Å². The van der Waals surface area contributed by atoms with Crippen LogP contribution in [0.3, 0.4) is 0 Å². The Bertz CT molecular complexity index is 1510. The first-order valence-electron chi connectivity index (χ1n) is 14.6. The smallest absolute Gasteiger partial charge is 0.225 e. The van der Waals surface area contributed by atoms with Gasteiger partial charge in [0.25, 0.3) is 0 Å². The van der Waals surface area contributed by atoms with Gasteiger partial charge in [-0.3, -0.25) is 14.5 Å². The number of hydrogen-bond donors (Lipinski definition) is 0. The highest BCUT2D eigenvalue weighted by atomic mass is 32.1. The molecule has 2 saturated heterocycles. The summed E-state index contributed by atoms with van der Waals surface area (Å²) in [6.45, 7) is 5.27. The minimum Gasteiger partial charge on any atom is -0.494 e. The fourth-order valence-corrected chi connectivity index (χ4v) is 7.01. The maximum absolute atomic E-state index is 13.9. The number of benzene rings is 3. The maximum atomic E-state index is 13.9. The molecule has 0 N–H and O–H groups in total. The monoisotopic (exact) mass is 568 g/mol. The number of likely N-dealkylation sites (tertiary alicyclic amines) is 2. The highest BCUT2D eigenvalue weighted by Gasteiger charge is 2.28. The highest BCUT2D eigenvalue weighted by Crippen LogP contribution is 2.40. The molecule has 4 aromatic rings. The zero-order valence-corrected chi connectivity index (χ0v) is 24.3. The van der Waals surface area contributed by atoms with E-state index in [9.17, 15) is 9.59 Å². The molecule has 2 aliphatic rings. The molecule has 6 nitrogen and oxygen atoms in total. The van der Waals surface area contributed by atoms with Crippen LogP contribution in [0, 0.1) is 5.92 Å². The lowest BCUT2D eigenvalue weighted by Gasteiger charge is -2.15. The van der Waals surface area contributed by atoms with Crippen LogP contribution in [-0.4, -0.2) is 67.9 Å². The van der Waals surface area contributed by atoms with E-state index in [1.54, 1.807) is 16.2 Å². The van der Waals surface area contributed by atoms with Crippen molar-refractivity contribution in [2.75, 3.05) is 46.4 Å². The lowest BCUT2D eigenvalue weighted by molar-refractivity contribution is -0.130. The number of carbonyl (C=O) groups is 2. The summed E-state index contributed by atoms with van der Waals surface area (Å²) in [4.78, 5) is 31.2. The summed E-state index contributed by atoms with van der Waals surface area (Å²) in [6.07, 6.45) is 4.16. The molecule has 2 aliphatic heterocycles. The quantitative estimate of drug-likeness (QED) is 0.193. The van der Waals surface area contributed by atoms with Crippen LogP contribution in [0.2, 0.25) is 0 Å². The Kier molecular flexibility index (Phi) is 8.35. The van der Waals surface area contributed by atoms with E-state index in [1.165, 1.54) is 25.9 Å². The van der Waals surface area contributed by atoms with Crippen molar-refractivity contribution in [3.05, 3.63) is 83.9 Å². The van der Waals surface area contributed by atoms with Crippen molar-refractivity contribution in [3.8, 4) is 21.9 Å². The molecule has 2 fully saturated rings. The number of carbonyl (C=O) groups excluding carboxylic acids is 2. The summed E-state index contributed by atoms with van der Waals surface area (Å²) in [6, 6.07) is 23.6. The van der Waals surface area contributed by atoms with Crippen LogP contribution >= 0.6 is 11.3 Å². The fraction of sp³-hybridized carbons (Fsp3) is 0.353. The van der Waals surface area contributed by atoms with Crippen LogP contribution in [-0.2, 0) is 4.79 Å². The number of hydrogen-bond acceptors (Lipinski definition) is 6. The number of amides is 1. The van der Waals surface area contributed by atoms with Crippen molar-refractivity contribution in [1.82, 2.24) is 9.80 Å². The Morgan fingerprint density at radius 2 is 1.56 bits per heavy atom. The molecule has 0 radical (unpaired) electrons. The van der Waals surface area contributed by atoms with Gasteiger partial charge >= 0.3 is 0 Å². The number of nitrogens with zero attached hydrogens (tertiary/aromatic N) is 2. The molecule has 0 spiro atoms. The van der Waals surface area contributed by atoms with Gasteiger partial charge in [-0.25, -0.2) is 0 Å². The predicted molar refractivity (Wildman–Crippen MR) is 164 cm³/mol. The molecule has 41 heavy (non-hydrogen) atoms. The van der Waals surface area contributed by atoms with Gasteiger partial charge in [-0.1, -0.05) is 18.2 Å². The minimum absolute atomic E-state index is 0.00507. The molecule has 1 amide bonds. The number of ketones is 1. The summed E-state index contributed by atoms with van der Waals surface area (Å²) in [5.41, 5.74) is 2.36. The molecular weight excluding hydrogens is 532 g/mol. The first kappa shape index (κ1) is 27.5. The number of ether oxygens (including phenoxy) is 2. The Hall–Kier alpha value is -3.68. The van der Waals surface area contributed by atoms with Gasteiger partial charge in [0.2, 0.25) is 5.91 Å². The van der Waals surface area contributed by atoms with Crippen LogP contribution in [0.1, 0.15) is 41.6 Å². The molecule has 3 aromatic carbocycles. The molecule has 3 heterocycles. The number of rotatable bonds is 11. The van der Waals surface area contributed by atoms with E-state index < -0.39 is 0 Å². The van der Waals surface area contributed by atoms with E-state index in [-0.39, 0.29) is 17.6 Å². The number of thiophene rings is 1. The van der Waals surface area contributed by atoms with E-state index in [0.717, 1.165) is 51.4 Å². The van der Waals surface area contributed by atoms with Crippen LogP contribution in [0.5, 0.6) is 11.5 Å². The molecule has 6 rings (SSSR count). The van der Waals surface area contributed by atoms with Crippen molar-refractivity contribution >= 4 is 33.1 Å². The molecule has 212 valence electrons. The molecular formula is C34H36N2O4S. The highest BCUT2D eigenvalue weighted by molar-refractivity contribution is 7.22. The van der Waals surface area contributed by atoms with Gasteiger partial charge < -0.3 is 14.4 Å². The first-order chi connectivity index (χ1) is 20.1. The Balaban J connectivity index is 1.15. The van der Waals surface area contributed by atoms with E-state index in [0.29, 0.717) is 30.9 Å². The lowest BCUT2D eigenvalue weighted by atomic mass is 9.97. The molecule has 1 aromatic heterocycles. The summed E-state index contributed by atoms with van der Waals surface area (Å²) in [5.74, 6) is 1.79. The van der Waals surface area contributed by atoms with Crippen molar-refractivity contribution in [3.63, 3.8) is 0 Å². The molecule has 0 aliphatic carbocycles.